The Kier molecular flexibility index (Phi) is 21.7. The molecule has 0 aromatic heterocycles. The van der Waals surface area contributed by atoms with Gasteiger partial charge in [0.2, 0.25) is 0 Å². The molecule has 8 unspecified atom stereocenters. The Hall–Kier alpha value is -5.80. The second-order valence-corrected chi connectivity index (χ2v) is 19.8. The van der Waals surface area contributed by atoms with Crippen molar-refractivity contribution in [3.05, 3.63) is 71.8 Å². The SMILES string of the molecule is CC(C)CC1C(=O)OC(Cc2ccccc2)C(=O)N(C)C(CC(C)C)C(=O)OC(C)C(=O)N(C)C(CC(C)C)C(=O)OC(Cc2ccccc2)C(=O)N(C)C(CC(C)C)C(=O)OC(C)C(=O)N1C. The topological polar surface area (TPSA) is 186 Å². The molecule has 0 aliphatic carbocycles. The number of carbonyl (C=O) groups excluding carboxylic acids is 8. The number of cyclic esters (lactones) is 4. The molecule has 0 saturated carbocycles. The van der Waals surface area contributed by atoms with E-state index in [1.165, 1.54) is 42.0 Å². The Morgan fingerprint density at radius 2 is 0.618 bits per heavy atom. The Labute approximate surface area is 403 Å². The lowest BCUT2D eigenvalue weighted by Crippen LogP contribution is -2.55. The van der Waals surface area contributed by atoms with Crippen molar-refractivity contribution in [1.29, 1.82) is 0 Å². The van der Waals surface area contributed by atoms with Crippen molar-refractivity contribution < 1.29 is 57.3 Å². The predicted octanol–water partition coefficient (Wildman–Crippen LogP) is 5.66. The molecule has 8 atom stereocenters. The number of amides is 4. The number of rotatable bonds is 12. The molecule has 0 bridgehead atoms. The molecule has 3 rings (SSSR count). The number of esters is 4. The van der Waals surface area contributed by atoms with Crippen LogP contribution in [-0.2, 0) is 70.1 Å². The van der Waals surface area contributed by atoms with Crippen LogP contribution in [-0.4, -0.2) is 144 Å². The van der Waals surface area contributed by atoms with Gasteiger partial charge in [0.1, 0.15) is 24.2 Å². The Morgan fingerprint density at radius 3 is 0.868 bits per heavy atom. The van der Waals surface area contributed by atoms with Crippen molar-refractivity contribution in [1.82, 2.24) is 19.6 Å². The van der Waals surface area contributed by atoms with E-state index in [9.17, 15) is 38.4 Å². The summed E-state index contributed by atoms with van der Waals surface area (Å²) in [5, 5.41) is 0. The highest BCUT2D eigenvalue weighted by atomic mass is 16.6. The zero-order valence-electron chi connectivity index (χ0n) is 42.6. The molecule has 1 saturated heterocycles. The van der Waals surface area contributed by atoms with E-state index in [4.69, 9.17) is 18.9 Å². The van der Waals surface area contributed by atoms with Crippen molar-refractivity contribution in [3.63, 3.8) is 0 Å². The second-order valence-electron chi connectivity index (χ2n) is 19.8. The van der Waals surface area contributed by atoms with Gasteiger partial charge in [-0.05, 0) is 74.3 Å². The van der Waals surface area contributed by atoms with Gasteiger partial charge < -0.3 is 38.5 Å². The summed E-state index contributed by atoms with van der Waals surface area (Å²) in [5.74, 6) is -7.13. The number of carbonyl (C=O) groups is 8. The maximum absolute atomic E-state index is 14.6. The maximum atomic E-state index is 14.6. The van der Waals surface area contributed by atoms with E-state index in [0.29, 0.717) is 11.1 Å². The van der Waals surface area contributed by atoms with Crippen LogP contribution in [0.3, 0.4) is 0 Å². The molecule has 1 fully saturated rings. The number of hydrogen-bond donors (Lipinski definition) is 0. The molecule has 2 aromatic rings. The Balaban J connectivity index is 2.25. The van der Waals surface area contributed by atoms with Crippen molar-refractivity contribution in [2.75, 3.05) is 28.2 Å². The van der Waals surface area contributed by atoms with Crippen LogP contribution >= 0.6 is 0 Å². The van der Waals surface area contributed by atoms with Crippen molar-refractivity contribution in [3.8, 4) is 0 Å². The molecule has 4 amide bonds. The van der Waals surface area contributed by atoms with Crippen LogP contribution in [0.1, 0.15) is 106 Å². The highest BCUT2D eigenvalue weighted by Crippen LogP contribution is 2.24. The first-order valence-electron chi connectivity index (χ1n) is 23.8. The van der Waals surface area contributed by atoms with Crippen LogP contribution in [0.15, 0.2) is 60.7 Å². The Morgan fingerprint density at radius 1 is 0.382 bits per heavy atom. The Bertz CT molecular complexity index is 1870. The van der Waals surface area contributed by atoms with Crippen molar-refractivity contribution in [2.45, 2.75) is 156 Å². The van der Waals surface area contributed by atoms with Crippen molar-refractivity contribution >= 4 is 47.5 Å². The third-order valence-corrected chi connectivity index (χ3v) is 12.0. The third-order valence-electron chi connectivity index (χ3n) is 12.0. The number of nitrogens with zero attached hydrogens (tertiary/aromatic N) is 4. The van der Waals surface area contributed by atoms with Gasteiger partial charge in [0.05, 0.1) is 0 Å². The van der Waals surface area contributed by atoms with E-state index in [2.05, 4.69) is 0 Å². The lowest BCUT2D eigenvalue weighted by molar-refractivity contribution is -0.176. The summed E-state index contributed by atoms with van der Waals surface area (Å²) in [4.78, 5) is 119. The van der Waals surface area contributed by atoms with Gasteiger partial charge in [0.25, 0.3) is 23.6 Å². The van der Waals surface area contributed by atoms with E-state index in [1.807, 2.05) is 55.4 Å². The third kappa shape index (κ3) is 16.2. The summed E-state index contributed by atoms with van der Waals surface area (Å²) >= 11 is 0. The van der Waals surface area contributed by atoms with Crippen molar-refractivity contribution in [2.24, 2.45) is 23.7 Å². The van der Waals surface area contributed by atoms with E-state index in [-0.39, 0.29) is 62.2 Å². The molecular weight excluding hydrogens is 873 g/mol. The molecule has 1 aliphatic heterocycles. The van der Waals surface area contributed by atoms with Crippen LogP contribution in [0.4, 0.5) is 0 Å². The van der Waals surface area contributed by atoms with E-state index in [0.717, 1.165) is 19.6 Å². The zero-order valence-corrected chi connectivity index (χ0v) is 42.6. The highest BCUT2D eigenvalue weighted by molar-refractivity contribution is 5.94. The highest BCUT2D eigenvalue weighted by Gasteiger charge is 2.43. The lowest BCUT2D eigenvalue weighted by atomic mass is 10.00. The van der Waals surface area contributed by atoms with Crippen LogP contribution in [0.2, 0.25) is 0 Å². The molecule has 0 radical (unpaired) electrons. The smallest absolute Gasteiger partial charge is 0.329 e. The fraction of sp³-hybridized carbons (Fsp3) is 0.615. The van der Waals surface area contributed by atoms with Crippen LogP contribution in [0, 0.1) is 23.7 Å². The van der Waals surface area contributed by atoms with Crippen LogP contribution < -0.4 is 0 Å². The minimum atomic E-state index is -1.47. The summed E-state index contributed by atoms with van der Waals surface area (Å²) in [5.41, 5.74) is 1.30. The summed E-state index contributed by atoms with van der Waals surface area (Å²) in [6.45, 7) is 17.5. The van der Waals surface area contributed by atoms with Gasteiger partial charge in [-0.2, -0.15) is 0 Å². The van der Waals surface area contributed by atoms with Gasteiger partial charge in [0.15, 0.2) is 24.4 Å². The first kappa shape index (κ1) is 56.5. The first-order valence-corrected chi connectivity index (χ1v) is 23.8. The van der Waals surface area contributed by atoms with E-state index in [1.54, 1.807) is 60.7 Å². The molecule has 376 valence electrons. The summed E-state index contributed by atoms with van der Waals surface area (Å²) < 4.78 is 23.8. The quantitative estimate of drug-likeness (QED) is 0.188. The molecule has 1 heterocycles. The predicted molar refractivity (Wildman–Crippen MR) is 255 cm³/mol. The fourth-order valence-electron chi connectivity index (χ4n) is 8.14. The number of benzene rings is 2. The van der Waals surface area contributed by atoms with Gasteiger partial charge in [0, 0.05) is 41.0 Å². The second kappa shape index (κ2) is 26.1. The lowest BCUT2D eigenvalue weighted by Gasteiger charge is -2.35. The molecular formula is C52H76N4O12. The van der Waals surface area contributed by atoms with Gasteiger partial charge >= 0.3 is 23.9 Å². The van der Waals surface area contributed by atoms with Gasteiger partial charge in [-0.3, -0.25) is 19.2 Å². The maximum Gasteiger partial charge on any atom is 0.329 e. The van der Waals surface area contributed by atoms with Crippen LogP contribution in [0.25, 0.3) is 0 Å². The monoisotopic (exact) mass is 949 g/mol. The summed E-state index contributed by atoms with van der Waals surface area (Å²) in [6, 6.07) is 12.7. The number of likely N-dealkylation sites (N-methyl/N-ethyl adjacent to an activating group) is 4. The molecule has 16 heteroatoms. The standard InChI is InChI=1S/C52H76N4O12/c1-31(2)25-39-49(61)65-35(9)45(57)53(11)42(28-34(7)8)52(64)68-44(30-38-23-19-16-20-24-38)48(60)56(14)40(26-32(3)4)50(62)66-36(10)46(58)54(12)41(27-33(5)6)51(63)67-43(47(59)55(39)13)29-37-21-17-15-18-22-37/h15-24,31-36,39-44H,25-30H2,1-14H3. The summed E-state index contributed by atoms with van der Waals surface area (Å²) in [6.07, 6.45) is -5.56. The average molecular weight is 949 g/mol. The number of hydrogen-bond acceptors (Lipinski definition) is 12. The first-order chi connectivity index (χ1) is 31.8. The minimum absolute atomic E-state index is 0.0814. The average Bonchev–Trinajstić information content (AvgIpc) is 3.28. The van der Waals surface area contributed by atoms with E-state index < -0.39 is 96.1 Å². The summed E-state index contributed by atoms with van der Waals surface area (Å²) in [7, 11) is 5.56. The molecule has 0 N–H and O–H groups in total. The van der Waals surface area contributed by atoms with E-state index >= 15 is 0 Å². The largest absolute Gasteiger partial charge is 0.451 e. The van der Waals surface area contributed by atoms with Gasteiger partial charge in [-0.25, -0.2) is 19.2 Å². The fourth-order valence-corrected chi connectivity index (χ4v) is 8.14. The normalized spacial score (nSPS) is 25.2. The molecule has 16 nitrogen and oxygen atoms in total. The molecule has 68 heavy (non-hydrogen) atoms. The molecule has 2 aromatic carbocycles. The minimum Gasteiger partial charge on any atom is -0.451 e. The number of ether oxygens (including phenoxy) is 4. The van der Waals surface area contributed by atoms with Crippen LogP contribution in [0.5, 0.6) is 0 Å². The van der Waals surface area contributed by atoms with Gasteiger partial charge in [-0.15, -0.1) is 0 Å². The molecule has 1 aliphatic rings. The van der Waals surface area contributed by atoms with Gasteiger partial charge in [-0.1, -0.05) is 116 Å². The zero-order chi connectivity index (χ0) is 51.2. The molecule has 0 spiro atoms.